The number of hydrogen-bond donors (Lipinski definition) is 7. The van der Waals surface area contributed by atoms with E-state index in [4.69, 9.17) is 35.6 Å². The number of nitrogens with zero attached hydrogens (tertiary/aromatic N) is 3. The Kier molecular flexibility index (Phi) is 16.8. The maximum atomic E-state index is 14.4. The number of anilines is 3. The zero-order valence-corrected chi connectivity index (χ0v) is 46.1. The molecule has 4 aromatic rings. The molecule has 430 valence electrons. The minimum Gasteiger partial charge on any atom is -0.497 e. The van der Waals surface area contributed by atoms with E-state index in [1.807, 2.05) is 30.5 Å². The zero-order chi connectivity index (χ0) is 58.6. The van der Waals surface area contributed by atoms with Crippen LogP contribution in [0.4, 0.5) is 21.9 Å². The van der Waals surface area contributed by atoms with E-state index in [9.17, 15) is 38.7 Å². The molecule has 81 heavy (non-hydrogen) atoms. The van der Waals surface area contributed by atoms with Crippen LogP contribution in [0.15, 0.2) is 79.0 Å². The van der Waals surface area contributed by atoms with Gasteiger partial charge < -0.3 is 75.6 Å². The van der Waals surface area contributed by atoms with Gasteiger partial charge in [-0.3, -0.25) is 28.8 Å². The summed E-state index contributed by atoms with van der Waals surface area (Å²) < 4.78 is 42.7. The van der Waals surface area contributed by atoms with Crippen molar-refractivity contribution >= 4 is 64.2 Å². The summed E-state index contributed by atoms with van der Waals surface area (Å²) in [5.74, 6) is -1.71. The SMILES string of the molecule is [2H]N(CC(=O)N[C@H](C(=O)N[C@@H](C)C(=O)Nc1ccc(COC(=O)N2c3cc(OCCCOc4cc5c(cc4OC)C(=O)N4C=C(c6ccc(OC)cc6)C[C@H]4CN5)c(OC)cc3C(=O)N3CC4(CC4)C[C@H]3C2O)cc1)C(C)C)C(=O)CN. The Morgan fingerprint density at radius 1 is 0.827 bits per heavy atom. The first-order valence-electron chi connectivity index (χ1n) is 27.3. The summed E-state index contributed by atoms with van der Waals surface area (Å²) in [6.07, 6.45) is 2.83. The number of nitrogens with one attached hydrogen (secondary N) is 5. The first-order chi connectivity index (χ1) is 39.3. The summed E-state index contributed by atoms with van der Waals surface area (Å²) in [5, 5.41) is 23.8. The van der Waals surface area contributed by atoms with Crippen LogP contribution in [0.3, 0.4) is 0 Å². The molecule has 9 rings (SSSR count). The molecular formula is C58H69N9O14. The maximum Gasteiger partial charge on any atom is 0.416 e. The van der Waals surface area contributed by atoms with Crippen LogP contribution in [0.25, 0.3) is 5.57 Å². The van der Waals surface area contributed by atoms with Gasteiger partial charge in [0.05, 0.1) is 82.2 Å². The number of nitrogens with two attached hydrogens (primary N) is 1. The number of aliphatic hydroxyl groups is 1. The highest BCUT2D eigenvalue weighted by Gasteiger charge is 2.58. The predicted octanol–water partition coefficient (Wildman–Crippen LogP) is 4.37. The molecule has 1 saturated carbocycles. The van der Waals surface area contributed by atoms with Gasteiger partial charge in [-0.25, -0.2) is 9.69 Å². The summed E-state index contributed by atoms with van der Waals surface area (Å²) in [5.41, 5.74) is 9.33. The van der Waals surface area contributed by atoms with Crippen molar-refractivity contribution in [1.29, 1.82) is 0 Å². The lowest BCUT2D eigenvalue weighted by Crippen LogP contribution is -2.55. The van der Waals surface area contributed by atoms with Crippen molar-refractivity contribution in [2.75, 3.05) is 76.3 Å². The number of benzene rings is 4. The van der Waals surface area contributed by atoms with Gasteiger partial charge in [-0.05, 0) is 97.0 Å². The quantitative estimate of drug-likeness (QED) is 0.0570. The third-order valence-electron chi connectivity index (χ3n) is 15.2. The first kappa shape index (κ1) is 55.7. The average molecular weight is 1120 g/mol. The molecule has 4 heterocycles. The highest BCUT2D eigenvalue weighted by Crippen LogP contribution is 2.57. The van der Waals surface area contributed by atoms with Gasteiger partial charge in [0, 0.05) is 43.5 Å². The van der Waals surface area contributed by atoms with Gasteiger partial charge in [0.25, 0.3) is 11.8 Å². The molecule has 4 aromatic carbocycles. The van der Waals surface area contributed by atoms with Crippen molar-refractivity contribution < 1.29 is 68.5 Å². The van der Waals surface area contributed by atoms with Crippen LogP contribution in [-0.4, -0.2) is 148 Å². The fourth-order valence-corrected chi connectivity index (χ4v) is 10.5. The second kappa shape index (κ2) is 24.4. The number of carbonyl (C=O) groups is 7. The number of amides is 7. The van der Waals surface area contributed by atoms with E-state index in [1.165, 1.54) is 33.3 Å². The van der Waals surface area contributed by atoms with E-state index in [0.717, 1.165) is 34.6 Å². The third kappa shape index (κ3) is 12.6. The molecule has 2 fully saturated rings. The van der Waals surface area contributed by atoms with E-state index in [1.54, 1.807) is 67.2 Å². The van der Waals surface area contributed by atoms with Crippen molar-refractivity contribution in [3.8, 4) is 28.7 Å². The van der Waals surface area contributed by atoms with Crippen LogP contribution < -0.4 is 60.9 Å². The second-order valence-corrected chi connectivity index (χ2v) is 21.1. The Balaban J connectivity index is 0.827. The Morgan fingerprint density at radius 3 is 2.15 bits per heavy atom. The van der Waals surface area contributed by atoms with Crippen LogP contribution in [-0.2, 0) is 30.5 Å². The molecule has 7 amide bonds. The van der Waals surface area contributed by atoms with E-state index in [0.29, 0.717) is 71.7 Å². The normalized spacial score (nSPS) is 19.2. The van der Waals surface area contributed by atoms with Crippen molar-refractivity contribution in [2.24, 2.45) is 17.1 Å². The molecule has 0 radical (unpaired) electrons. The number of aliphatic hydroxyl groups excluding tert-OH is 1. The van der Waals surface area contributed by atoms with Crippen molar-refractivity contribution in [2.45, 2.75) is 89.9 Å². The van der Waals surface area contributed by atoms with Crippen LogP contribution in [0.1, 0.15) is 84.7 Å². The molecule has 23 heteroatoms. The standard InChI is InChI=1S/C58H69N9O14/c1-32(2)51(64-50(69)28-61-49(68)26-59)53(71)62-33(3)52(70)63-37-12-8-34(9-13-37)30-81-57(75)67-43-24-48(46(78-6)22-41(43)55(73)66-31-58(16-17-58)25-44(66)56(67)74)80-19-7-18-79-47-23-42-40(21-45(47)77-5)54(72)65-29-36(20-38(65)27-60-42)35-10-14-39(76-4)15-11-35/h8-15,21-24,29,32-33,38,44,51,56,60,74H,7,16-20,25-28,30-31,59H2,1-6H3,(H,61,68)(H,62,71)(H,63,70)(H,64,69)/t33-,38-,44-,51-,56?/m0/s1/i/hD. The number of carbonyl (C=O) groups excluding carboxylic acids is 7. The molecular weight excluding hydrogens is 1050 g/mol. The van der Waals surface area contributed by atoms with Gasteiger partial charge in [0.2, 0.25) is 23.6 Å². The molecule has 4 aliphatic heterocycles. The number of ether oxygens (including phenoxy) is 6. The summed E-state index contributed by atoms with van der Waals surface area (Å²) in [4.78, 5) is 97.7. The van der Waals surface area contributed by atoms with E-state index < -0.39 is 73.1 Å². The highest BCUT2D eigenvalue weighted by atomic mass is 16.6. The Hall–Kier alpha value is -8.57. The summed E-state index contributed by atoms with van der Waals surface area (Å²) in [6.45, 7) is 4.71. The third-order valence-corrected chi connectivity index (χ3v) is 15.2. The van der Waals surface area contributed by atoms with E-state index >= 15 is 0 Å². The molecule has 1 spiro atoms. The van der Waals surface area contributed by atoms with Gasteiger partial charge >= 0.3 is 6.09 Å². The zero-order valence-electron chi connectivity index (χ0n) is 47.1. The van der Waals surface area contributed by atoms with Crippen molar-refractivity contribution in [3.05, 3.63) is 101 Å². The molecule has 5 aliphatic rings. The fraction of sp³-hybridized carbons (Fsp3) is 0.431. The Bertz CT molecular complexity index is 3140. The van der Waals surface area contributed by atoms with Crippen LogP contribution in [0.5, 0.6) is 28.7 Å². The fourth-order valence-electron chi connectivity index (χ4n) is 10.5. The lowest BCUT2D eigenvalue weighted by Gasteiger charge is -2.31. The van der Waals surface area contributed by atoms with Crippen LogP contribution in [0.2, 0.25) is 1.41 Å². The number of fused-ring (bicyclic) bond motifs is 4. The molecule has 0 aromatic heterocycles. The first-order valence-corrected chi connectivity index (χ1v) is 26.9. The lowest BCUT2D eigenvalue weighted by atomic mass is 10.0. The minimum absolute atomic E-state index is 0.0679. The molecule has 8 N–H and O–H groups in total. The van der Waals surface area contributed by atoms with E-state index in [2.05, 4.69) is 21.3 Å². The van der Waals surface area contributed by atoms with E-state index in [-0.39, 0.29) is 65.8 Å². The van der Waals surface area contributed by atoms with Gasteiger partial charge in [-0.2, -0.15) is 0 Å². The lowest BCUT2D eigenvalue weighted by molar-refractivity contribution is -0.132. The van der Waals surface area contributed by atoms with Crippen LogP contribution in [0, 0.1) is 11.3 Å². The molecule has 1 saturated heterocycles. The Labute approximate surface area is 470 Å². The van der Waals surface area contributed by atoms with Crippen molar-refractivity contribution in [1.82, 2.24) is 25.7 Å². The molecule has 0 bridgehead atoms. The average Bonchev–Trinajstić information content (AvgIpc) is 2.50. The predicted molar refractivity (Wildman–Crippen MR) is 297 cm³/mol. The topological polar surface area (TPSA) is 291 Å². The number of methoxy groups -OCH3 is 3. The molecule has 1 unspecified atom stereocenters. The summed E-state index contributed by atoms with van der Waals surface area (Å²) in [7, 11) is 4.57. The van der Waals surface area contributed by atoms with Crippen LogP contribution >= 0.6 is 0 Å². The maximum absolute atomic E-state index is 14.4. The smallest absolute Gasteiger partial charge is 0.416 e. The minimum atomic E-state index is -1.48. The van der Waals surface area contributed by atoms with Gasteiger partial charge in [-0.15, -0.1) is 0 Å². The molecule has 23 nitrogen and oxygen atoms in total. The molecule has 5 atom stereocenters. The highest BCUT2D eigenvalue weighted by molar-refractivity contribution is 6.06. The number of rotatable bonds is 21. The molecule has 1 aliphatic carbocycles. The van der Waals surface area contributed by atoms with Gasteiger partial charge in [0.15, 0.2) is 30.6 Å². The van der Waals surface area contributed by atoms with Crippen molar-refractivity contribution in [3.63, 3.8) is 0 Å². The number of hydrogen-bond acceptors (Lipinski definition) is 16. The summed E-state index contributed by atoms with van der Waals surface area (Å²) >= 11 is 0. The van der Waals surface area contributed by atoms with Gasteiger partial charge in [-0.1, -0.05) is 38.1 Å². The second-order valence-electron chi connectivity index (χ2n) is 21.1. The summed E-state index contributed by atoms with van der Waals surface area (Å²) in [6, 6.07) is 17.7. The largest absolute Gasteiger partial charge is 0.497 e. The monoisotopic (exact) mass is 1120 g/mol. The Morgan fingerprint density at radius 2 is 1.51 bits per heavy atom. The van der Waals surface area contributed by atoms with Gasteiger partial charge in [0.1, 0.15) is 24.4 Å².